The number of nitrogens with one attached hydrogen (secondary N) is 1. The molecule has 1 atom stereocenters. The highest BCUT2D eigenvalue weighted by atomic mass is 16.7. The summed E-state index contributed by atoms with van der Waals surface area (Å²) in [6.07, 6.45) is 1.93. The van der Waals surface area contributed by atoms with Gasteiger partial charge in [0.15, 0.2) is 0 Å². The van der Waals surface area contributed by atoms with Crippen LogP contribution in [0.15, 0.2) is 30.5 Å². The summed E-state index contributed by atoms with van der Waals surface area (Å²) in [5, 5.41) is 1.15. The topological polar surface area (TPSA) is 60.3 Å². The molecule has 1 aromatic carbocycles. The fraction of sp³-hybridized carbons (Fsp3) is 0.467. The zero-order valence-corrected chi connectivity index (χ0v) is 12.4. The largest absolute Gasteiger partial charge is 0.480 e. The van der Waals surface area contributed by atoms with Gasteiger partial charge in [-0.3, -0.25) is 0 Å². The van der Waals surface area contributed by atoms with E-state index in [1.807, 2.05) is 52.1 Å². The van der Waals surface area contributed by atoms with Gasteiger partial charge in [0, 0.05) is 11.7 Å². The van der Waals surface area contributed by atoms with Crippen LogP contribution in [0.4, 0.5) is 0 Å². The van der Waals surface area contributed by atoms with Crippen LogP contribution in [0.5, 0.6) is 0 Å². The highest BCUT2D eigenvalue weighted by molar-refractivity contribution is 6.47. The number of benzene rings is 1. The molecule has 0 aliphatic carbocycles. The predicted molar refractivity (Wildman–Crippen MR) is 81.3 cm³/mol. The van der Waals surface area contributed by atoms with Gasteiger partial charge in [-0.25, -0.2) is 0 Å². The van der Waals surface area contributed by atoms with E-state index >= 15 is 0 Å². The van der Waals surface area contributed by atoms with Gasteiger partial charge in [-0.1, -0.05) is 6.07 Å². The third-order valence-corrected chi connectivity index (χ3v) is 4.53. The Balaban J connectivity index is 1.87. The molecule has 1 fully saturated rings. The highest BCUT2D eigenvalue weighted by Gasteiger charge is 2.53. The molecule has 0 radical (unpaired) electrons. The van der Waals surface area contributed by atoms with Gasteiger partial charge >= 0.3 is 7.12 Å². The van der Waals surface area contributed by atoms with Crippen molar-refractivity contribution in [3.8, 4) is 0 Å². The van der Waals surface area contributed by atoms with Gasteiger partial charge < -0.3 is 20.0 Å². The molecule has 3 rings (SSSR count). The van der Waals surface area contributed by atoms with E-state index in [2.05, 4.69) is 11.1 Å². The maximum Gasteiger partial charge on any atom is 0.480 e. The molecular formula is C15H21BN2O2. The summed E-state index contributed by atoms with van der Waals surface area (Å²) >= 11 is 0. The monoisotopic (exact) mass is 272 g/mol. The van der Waals surface area contributed by atoms with Gasteiger partial charge in [-0.15, -0.1) is 0 Å². The van der Waals surface area contributed by atoms with Gasteiger partial charge in [0.1, 0.15) is 0 Å². The standard InChI is InChI=1S/C15H21BN2O2/c1-14(2)15(3,4)20-16(19-14)13(17)11-5-6-12-10(9-11)7-8-18-12/h5-9,13,18H,17H2,1-4H3. The van der Waals surface area contributed by atoms with E-state index < -0.39 is 7.12 Å². The van der Waals surface area contributed by atoms with E-state index in [9.17, 15) is 0 Å². The first kappa shape index (κ1) is 13.7. The van der Waals surface area contributed by atoms with Crippen molar-refractivity contribution in [3.05, 3.63) is 36.0 Å². The number of rotatable bonds is 2. The van der Waals surface area contributed by atoms with E-state index in [1.54, 1.807) is 0 Å². The van der Waals surface area contributed by atoms with E-state index in [4.69, 9.17) is 15.0 Å². The van der Waals surface area contributed by atoms with Crippen LogP contribution < -0.4 is 5.73 Å². The average Bonchev–Trinajstić information content (AvgIpc) is 2.90. The zero-order valence-electron chi connectivity index (χ0n) is 12.4. The highest BCUT2D eigenvalue weighted by Crippen LogP contribution is 2.39. The lowest BCUT2D eigenvalue weighted by Gasteiger charge is -2.32. The van der Waals surface area contributed by atoms with Crippen LogP contribution in [0.2, 0.25) is 0 Å². The number of nitrogens with two attached hydrogens (primary N) is 1. The summed E-state index contributed by atoms with van der Waals surface area (Å²) in [7, 11) is -0.420. The lowest BCUT2D eigenvalue weighted by Crippen LogP contribution is -2.41. The Morgan fingerprint density at radius 1 is 1.10 bits per heavy atom. The van der Waals surface area contributed by atoms with Crippen LogP contribution in [0.25, 0.3) is 10.9 Å². The predicted octanol–water partition coefficient (Wildman–Crippen LogP) is 2.80. The van der Waals surface area contributed by atoms with Crippen LogP contribution in [0.1, 0.15) is 39.2 Å². The average molecular weight is 272 g/mol. The Hall–Kier alpha value is -1.30. The molecule has 1 saturated heterocycles. The number of aromatic amines is 1. The van der Waals surface area contributed by atoms with E-state index in [-0.39, 0.29) is 17.1 Å². The molecular weight excluding hydrogens is 251 g/mol. The quantitative estimate of drug-likeness (QED) is 0.826. The summed E-state index contributed by atoms with van der Waals surface area (Å²) in [5.74, 6) is -0.296. The smallest absolute Gasteiger partial charge is 0.402 e. The molecule has 4 nitrogen and oxygen atoms in total. The van der Waals surface area contributed by atoms with Crippen molar-refractivity contribution in [1.29, 1.82) is 0 Å². The van der Waals surface area contributed by atoms with Crippen molar-refractivity contribution in [2.24, 2.45) is 5.73 Å². The minimum absolute atomic E-state index is 0.296. The summed E-state index contributed by atoms with van der Waals surface area (Å²) in [4.78, 5) is 3.18. The first-order valence-corrected chi connectivity index (χ1v) is 6.98. The minimum atomic E-state index is -0.420. The first-order chi connectivity index (χ1) is 9.30. The molecule has 1 aliphatic heterocycles. The molecule has 5 heteroatoms. The van der Waals surface area contributed by atoms with Crippen molar-refractivity contribution < 1.29 is 9.31 Å². The minimum Gasteiger partial charge on any atom is -0.402 e. The molecule has 2 heterocycles. The van der Waals surface area contributed by atoms with E-state index in [0.29, 0.717) is 0 Å². The summed E-state index contributed by atoms with van der Waals surface area (Å²) in [6, 6.07) is 8.18. The normalized spacial score (nSPS) is 22.4. The Kier molecular flexibility index (Phi) is 2.97. The zero-order chi connectivity index (χ0) is 14.5. The van der Waals surface area contributed by atoms with Crippen LogP contribution in [0, 0.1) is 0 Å². The van der Waals surface area contributed by atoms with Crippen molar-refractivity contribution in [2.45, 2.75) is 44.8 Å². The lowest BCUT2D eigenvalue weighted by molar-refractivity contribution is 0.00578. The molecule has 0 bridgehead atoms. The van der Waals surface area contributed by atoms with Gasteiger partial charge in [-0.2, -0.15) is 0 Å². The Labute approximate surface area is 119 Å². The summed E-state index contributed by atoms with van der Waals surface area (Å²) in [5.41, 5.74) is 7.76. The summed E-state index contributed by atoms with van der Waals surface area (Å²) < 4.78 is 12.0. The van der Waals surface area contributed by atoms with Crippen molar-refractivity contribution in [2.75, 3.05) is 0 Å². The third-order valence-electron chi connectivity index (χ3n) is 4.53. The second kappa shape index (κ2) is 4.35. The molecule has 3 N–H and O–H groups in total. The number of fused-ring (bicyclic) bond motifs is 1. The number of aromatic nitrogens is 1. The SMILES string of the molecule is CC1(C)OB(C(N)c2ccc3[nH]ccc3c2)OC1(C)C. The second-order valence-corrected chi connectivity index (χ2v) is 6.47. The van der Waals surface area contributed by atoms with Gasteiger partial charge in [0.25, 0.3) is 0 Å². The number of H-pyrrole nitrogens is 1. The Morgan fingerprint density at radius 2 is 1.75 bits per heavy atom. The first-order valence-electron chi connectivity index (χ1n) is 6.98. The van der Waals surface area contributed by atoms with Crippen molar-refractivity contribution in [1.82, 2.24) is 4.98 Å². The maximum absolute atomic E-state index is 6.34. The van der Waals surface area contributed by atoms with E-state index in [1.165, 1.54) is 0 Å². The maximum atomic E-state index is 6.34. The molecule has 1 aliphatic rings. The molecule has 0 saturated carbocycles. The van der Waals surface area contributed by atoms with Gasteiger partial charge in [0.05, 0.1) is 17.1 Å². The number of hydrogen-bond donors (Lipinski definition) is 2. The molecule has 0 spiro atoms. The molecule has 20 heavy (non-hydrogen) atoms. The summed E-state index contributed by atoms with van der Waals surface area (Å²) in [6.45, 7) is 8.15. The van der Waals surface area contributed by atoms with Crippen LogP contribution in [-0.4, -0.2) is 23.3 Å². The molecule has 106 valence electrons. The fourth-order valence-electron chi connectivity index (χ4n) is 2.47. The van der Waals surface area contributed by atoms with E-state index in [0.717, 1.165) is 16.5 Å². The van der Waals surface area contributed by atoms with Crippen LogP contribution in [-0.2, 0) is 9.31 Å². The Bertz CT molecular complexity index is 620. The molecule has 1 aromatic heterocycles. The second-order valence-electron chi connectivity index (χ2n) is 6.47. The fourth-order valence-corrected chi connectivity index (χ4v) is 2.47. The molecule has 1 unspecified atom stereocenters. The Morgan fingerprint density at radius 3 is 2.40 bits per heavy atom. The van der Waals surface area contributed by atoms with Crippen molar-refractivity contribution >= 4 is 18.0 Å². The van der Waals surface area contributed by atoms with Gasteiger partial charge in [-0.05, 0) is 56.8 Å². The lowest BCUT2D eigenvalue weighted by atomic mass is 9.75. The molecule has 0 amide bonds. The van der Waals surface area contributed by atoms with Crippen molar-refractivity contribution in [3.63, 3.8) is 0 Å². The number of hydrogen-bond acceptors (Lipinski definition) is 3. The third kappa shape index (κ3) is 2.06. The molecule has 2 aromatic rings. The van der Waals surface area contributed by atoms with Crippen LogP contribution in [0.3, 0.4) is 0 Å². The van der Waals surface area contributed by atoms with Crippen LogP contribution >= 0.6 is 0 Å². The van der Waals surface area contributed by atoms with Gasteiger partial charge in [0.2, 0.25) is 0 Å².